The van der Waals surface area contributed by atoms with Gasteiger partial charge < -0.3 is 5.32 Å². The van der Waals surface area contributed by atoms with Gasteiger partial charge >= 0.3 is 0 Å². The molecular weight excluding hydrogens is 396 g/mol. The number of carbonyl (C=O) groups excluding carboxylic acids is 1. The van der Waals surface area contributed by atoms with Gasteiger partial charge in [-0.05, 0) is 43.2 Å². The molecule has 134 valence electrons. The highest BCUT2D eigenvalue weighted by Gasteiger charge is 2.06. The van der Waals surface area contributed by atoms with Gasteiger partial charge in [-0.3, -0.25) is 9.59 Å². The van der Waals surface area contributed by atoms with Crippen LogP contribution in [0.25, 0.3) is 10.9 Å². The van der Waals surface area contributed by atoms with Gasteiger partial charge in [-0.1, -0.05) is 45.8 Å². The van der Waals surface area contributed by atoms with Crippen LogP contribution in [0.1, 0.15) is 25.7 Å². The second-order valence-corrected chi connectivity index (χ2v) is 6.92. The summed E-state index contributed by atoms with van der Waals surface area (Å²) in [6.45, 7) is 0.504. The highest BCUT2D eigenvalue weighted by atomic mass is 79.9. The molecule has 26 heavy (non-hydrogen) atoms. The van der Waals surface area contributed by atoms with Gasteiger partial charge in [0.05, 0.1) is 5.39 Å². The van der Waals surface area contributed by atoms with Crippen LogP contribution in [0.5, 0.6) is 0 Å². The monoisotopic (exact) mass is 414 g/mol. The Morgan fingerprint density at radius 1 is 1.08 bits per heavy atom. The predicted molar refractivity (Wildman–Crippen MR) is 105 cm³/mol. The van der Waals surface area contributed by atoms with E-state index in [1.54, 1.807) is 12.1 Å². The molecule has 1 aromatic heterocycles. The first-order valence-electron chi connectivity index (χ1n) is 8.51. The summed E-state index contributed by atoms with van der Waals surface area (Å²) >= 11 is 3.38. The number of carbonyl (C=O) groups is 1. The fourth-order valence-electron chi connectivity index (χ4n) is 2.68. The van der Waals surface area contributed by atoms with E-state index in [9.17, 15) is 9.59 Å². The molecule has 7 heteroatoms. The summed E-state index contributed by atoms with van der Waals surface area (Å²) in [6, 6.07) is 14.7. The van der Waals surface area contributed by atoms with Crippen molar-refractivity contribution >= 4 is 38.4 Å². The molecule has 6 nitrogen and oxygen atoms in total. The SMILES string of the molecule is O=C(CCCCCn1nnc2ccccc2c1=O)Nc1cccc(Br)c1. The third-order valence-electron chi connectivity index (χ3n) is 4.01. The minimum Gasteiger partial charge on any atom is -0.326 e. The zero-order valence-corrected chi connectivity index (χ0v) is 15.8. The number of halogens is 1. The fourth-order valence-corrected chi connectivity index (χ4v) is 3.08. The molecule has 1 amide bonds. The Kier molecular flexibility index (Phi) is 6.12. The largest absolute Gasteiger partial charge is 0.326 e. The van der Waals surface area contributed by atoms with Crippen LogP contribution < -0.4 is 10.9 Å². The number of nitrogens with zero attached hydrogens (tertiary/aromatic N) is 3. The summed E-state index contributed by atoms with van der Waals surface area (Å²) in [6.07, 6.45) is 2.82. The van der Waals surface area contributed by atoms with E-state index in [0.717, 1.165) is 29.4 Å². The predicted octanol–water partition coefficient (Wildman–Crippen LogP) is 3.75. The van der Waals surface area contributed by atoms with Gasteiger partial charge in [0.1, 0.15) is 5.52 Å². The number of nitrogens with one attached hydrogen (secondary N) is 1. The molecule has 0 spiro atoms. The number of unbranched alkanes of at least 4 members (excludes halogenated alkanes) is 2. The van der Waals surface area contributed by atoms with Crippen LogP contribution in [-0.4, -0.2) is 20.9 Å². The van der Waals surface area contributed by atoms with Crippen molar-refractivity contribution in [1.82, 2.24) is 15.0 Å². The molecule has 3 rings (SSSR count). The third kappa shape index (κ3) is 4.76. The van der Waals surface area contributed by atoms with Crippen LogP contribution in [0.15, 0.2) is 57.8 Å². The number of hydrogen-bond donors (Lipinski definition) is 1. The normalized spacial score (nSPS) is 10.8. The number of aryl methyl sites for hydroxylation is 1. The van der Waals surface area contributed by atoms with Crippen molar-refractivity contribution in [3.63, 3.8) is 0 Å². The Labute approximate surface area is 159 Å². The Balaban J connectivity index is 1.44. The average Bonchev–Trinajstić information content (AvgIpc) is 2.63. The first kappa shape index (κ1) is 18.3. The van der Waals surface area contributed by atoms with Crippen molar-refractivity contribution < 1.29 is 4.79 Å². The van der Waals surface area contributed by atoms with E-state index in [1.807, 2.05) is 36.4 Å². The summed E-state index contributed by atoms with van der Waals surface area (Å²) in [5, 5.41) is 11.5. The molecule has 1 N–H and O–H groups in total. The molecule has 0 aliphatic carbocycles. The highest BCUT2D eigenvalue weighted by molar-refractivity contribution is 9.10. The summed E-state index contributed by atoms with van der Waals surface area (Å²) in [4.78, 5) is 24.3. The Hall–Kier alpha value is -2.54. The van der Waals surface area contributed by atoms with Gasteiger partial charge in [0.15, 0.2) is 0 Å². The number of hydrogen-bond acceptors (Lipinski definition) is 4. The lowest BCUT2D eigenvalue weighted by molar-refractivity contribution is -0.116. The van der Waals surface area contributed by atoms with Crippen LogP contribution in [0.3, 0.4) is 0 Å². The lowest BCUT2D eigenvalue weighted by Gasteiger charge is -2.06. The first-order chi connectivity index (χ1) is 12.6. The van der Waals surface area contributed by atoms with Gasteiger partial charge in [-0.25, -0.2) is 4.68 Å². The van der Waals surface area contributed by atoms with E-state index < -0.39 is 0 Å². The van der Waals surface area contributed by atoms with Crippen molar-refractivity contribution in [1.29, 1.82) is 0 Å². The standard InChI is InChI=1S/C19H19BrN4O2/c20-14-7-6-8-15(13-14)21-18(25)11-2-1-5-12-24-19(26)16-9-3-4-10-17(16)22-23-24/h3-4,6-10,13H,1-2,5,11-12H2,(H,21,25). The van der Waals surface area contributed by atoms with Crippen LogP contribution in [0.4, 0.5) is 5.69 Å². The molecule has 1 heterocycles. The van der Waals surface area contributed by atoms with Gasteiger partial charge in [0.25, 0.3) is 5.56 Å². The highest BCUT2D eigenvalue weighted by Crippen LogP contribution is 2.16. The van der Waals surface area contributed by atoms with Crippen molar-refractivity contribution in [2.24, 2.45) is 0 Å². The summed E-state index contributed by atoms with van der Waals surface area (Å²) in [5.41, 5.74) is 1.27. The van der Waals surface area contributed by atoms with Crippen LogP contribution in [0.2, 0.25) is 0 Å². The van der Waals surface area contributed by atoms with Gasteiger partial charge in [0, 0.05) is 23.1 Å². The smallest absolute Gasteiger partial charge is 0.277 e. The Morgan fingerprint density at radius 2 is 1.92 bits per heavy atom. The molecule has 0 aliphatic rings. The van der Waals surface area contributed by atoms with Crippen LogP contribution in [-0.2, 0) is 11.3 Å². The molecule has 0 aliphatic heterocycles. The Bertz CT molecular complexity index is 971. The lowest BCUT2D eigenvalue weighted by atomic mass is 10.2. The van der Waals surface area contributed by atoms with Crippen LogP contribution in [0, 0.1) is 0 Å². The minimum atomic E-state index is -0.122. The average molecular weight is 415 g/mol. The van der Waals surface area contributed by atoms with E-state index in [4.69, 9.17) is 0 Å². The fraction of sp³-hybridized carbons (Fsp3) is 0.263. The molecule has 3 aromatic rings. The minimum absolute atomic E-state index is 0.00855. The maximum atomic E-state index is 12.3. The molecule has 2 aromatic carbocycles. The van der Waals surface area contributed by atoms with Crippen molar-refractivity contribution in [3.05, 3.63) is 63.4 Å². The summed E-state index contributed by atoms with van der Waals surface area (Å²) in [5.74, 6) is -0.00855. The van der Waals surface area contributed by atoms with E-state index in [-0.39, 0.29) is 11.5 Å². The Morgan fingerprint density at radius 3 is 2.77 bits per heavy atom. The van der Waals surface area contributed by atoms with Gasteiger partial charge in [-0.15, -0.1) is 5.10 Å². The summed E-state index contributed by atoms with van der Waals surface area (Å²) < 4.78 is 2.32. The molecule has 0 fully saturated rings. The van der Waals surface area contributed by atoms with Crippen molar-refractivity contribution in [2.75, 3.05) is 5.32 Å². The van der Waals surface area contributed by atoms with E-state index >= 15 is 0 Å². The molecule has 0 saturated carbocycles. The molecule has 0 bridgehead atoms. The second-order valence-electron chi connectivity index (χ2n) is 6.00. The maximum absolute atomic E-state index is 12.3. The number of anilines is 1. The molecule has 0 saturated heterocycles. The quantitative estimate of drug-likeness (QED) is 0.597. The molecular formula is C19H19BrN4O2. The lowest BCUT2D eigenvalue weighted by Crippen LogP contribution is -2.24. The zero-order valence-electron chi connectivity index (χ0n) is 14.2. The molecule has 0 unspecified atom stereocenters. The topological polar surface area (TPSA) is 76.9 Å². The van der Waals surface area contributed by atoms with Gasteiger partial charge in [0.2, 0.25) is 5.91 Å². The molecule has 0 radical (unpaired) electrons. The van der Waals surface area contributed by atoms with E-state index in [1.165, 1.54) is 4.68 Å². The number of rotatable bonds is 7. The van der Waals surface area contributed by atoms with Crippen LogP contribution >= 0.6 is 15.9 Å². The van der Waals surface area contributed by atoms with Crippen molar-refractivity contribution in [2.45, 2.75) is 32.2 Å². The second kappa shape index (κ2) is 8.71. The molecule has 0 atom stereocenters. The van der Waals surface area contributed by atoms with E-state index in [0.29, 0.717) is 23.9 Å². The van der Waals surface area contributed by atoms with Crippen molar-refractivity contribution in [3.8, 4) is 0 Å². The third-order valence-corrected chi connectivity index (χ3v) is 4.50. The zero-order chi connectivity index (χ0) is 18.4. The van der Waals surface area contributed by atoms with Gasteiger partial charge in [-0.2, -0.15) is 0 Å². The number of aromatic nitrogens is 3. The number of amides is 1. The summed E-state index contributed by atoms with van der Waals surface area (Å²) in [7, 11) is 0. The van der Waals surface area contributed by atoms with E-state index in [2.05, 4.69) is 31.6 Å². The maximum Gasteiger partial charge on any atom is 0.277 e. The number of benzene rings is 2. The first-order valence-corrected chi connectivity index (χ1v) is 9.31. The number of fused-ring (bicyclic) bond motifs is 1.